The highest BCUT2D eigenvalue weighted by Gasteiger charge is 2.43. The Hall–Kier alpha value is -0.650. The molecule has 4 atom stereocenters. The Labute approximate surface area is 121 Å². The number of nitrogens with two attached hydrogens (primary N) is 1. The summed E-state index contributed by atoms with van der Waals surface area (Å²) in [5.74, 6) is 0.228. The third-order valence-electron chi connectivity index (χ3n) is 5.21. The predicted molar refractivity (Wildman–Crippen MR) is 77.3 cm³/mol. The van der Waals surface area contributed by atoms with Crippen LogP contribution in [0.2, 0.25) is 0 Å². The van der Waals surface area contributed by atoms with Gasteiger partial charge in [-0.1, -0.05) is 6.92 Å². The van der Waals surface area contributed by atoms with Gasteiger partial charge in [-0.05, 0) is 38.6 Å². The molecule has 3 rings (SSSR count). The van der Waals surface area contributed by atoms with Crippen LogP contribution in [0.5, 0.6) is 0 Å². The first-order chi connectivity index (χ1) is 9.72. The number of fused-ring (bicyclic) bond motifs is 2. The molecule has 5 nitrogen and oxygen atoms in total. The Kier molecular flexibility index (Phi) is 4.29. The maximum atomic E-state index is 12.8. The van der Waals surface area contributed by atoms with E-state index < -0.39 is 0 Å². The lowest BCUT2D eigenvalue weighted by atomic mass is 10.1. The minimum absolute atomic E-state index is 0.0840. The molecule has 0 aromatic rings. The fraction of sp³-hybridized carbons (Fsp3) is 0.933. The van der Waals surface area contributed by atoms with Crippen molar-refractivity contribution in [1.82, 2.24) is 9.80 Å². The van der Waals surface area contributed by atoms with E-state index in [1.165, 1.54) is 6.42 Å². The van der Waals surface area contributed by atoms with Crippen molar-refractivity contribution in [3.05, 3.63) is 0 Å². The molecule has 2 N–H and O–H groups in total. The maximum Gasteiger partial charge on any atom is 0.252 e. The van der Waals surface area contributed by atoms with E-state index >= 15 is 0 Å². The first-order valence-corrected chi connectivity index (χ1v) is 8.13. The number of hydrogen-bond donors (Lipinski definition) is 1. The van der Waals surface area contributed by atoms with Crippen molar-refractivity contribution in [1.29, 1.82) is 0 Å². The zero-order valence-corrected chi connectivity index (χ0v) is 12.5. The number of ether oxygens (including phenoxy) is 1. The molecule has 3 heterocycles. The molecule has 2 unspecified atom stereocenters. The summed E-state index contributed by atoms with van der Waals surface area (Å²) in [7, 11) is 0. The van der Waals surface area contributed by atoms with Crippen molar-refractivity contribution >= 4 is 5.91 Å². The number of hydrogen-bond acceptors (Lipinski definition) is 4. The molecule has 3 fully saturated rings. The molecular formula is C15H27N3O2. The van der Waals surface area contributed by atoms with Crippen LogP contribution in [0.4, 0.5) is 0 Å². The van der Waals surface area contributed by atoms with Gasteiger partial charge in [0.25, 0.3) is 5.91 Å². The lowest BCUT2D eigenvalue weighted by Gasteiger charge is -2.31. The lowest BCUT2D eigenvalue weighted by molar-refractivity contribution is -0.145. The predicted octanol–water partition coefficient (Wildman–Crippen LogP) is 0.578. The van der Waals surface area contributed by atoms with Gasteiger partial charge >= 0.3 is 0 Å². The maximum absolute atomic E-state index is 12.8. The van der Waals surface area contributed by atoms with Crippen LogP contribution in [0.1, 0.15) is 39.0 Å². The Bertz CT molecular complexity index is 363. The molecule has 114 valence electrons. The number of carbonyl (C=O) groups is 1. The Morgan fingerprint density at radius 1 is 1.20 bits per heavy atom. The molecule has 3 aliphatic rings. The van der Waals surface area contributed by atoms with Crippen molar-refractivity contribution in [2.24, 2.45) is 5.73 Å². The van der Waals surface area contributed by atoms with Crippen LogP contribution in [0.15, 0.2) is 0 Å². The molecule has 0 aliphatic carbocycles. The fourth-order valence-corrected chi connectivity index (χ4v) is 4.02. The average molecular weight is 281 g/mol. The highest BCUT2D eigenvalue weighted by Crippen LogP contribution is 2.33. The van der Waals surface area contributed by atoms with Crippen LogP contribution in [0.25, 0.3) is 0 Å². The van der Waals surface area contributed by atoms with E-state index in [0.29, 0.717) is 18.6 Å². The van der Waals surface area contributed by atoms with Crippen molar-refractivity contribution < 1.29 is 9.53 Å². The number of likely N-dealkylation sites (tertiary alicyclic amines) is 1. The zero-order chi connectivity index (χ0) is 14.1. The molecule has 1 amide bonds. The second kappa shape index (κ2) is 6.00. The standard InChI is InChI=1S/C15H27N3O2/c1-2-17-8-7-11-3-4-12(10-17)18(11)15(19)14-6-5-13(9-16)20-14/h11-14H,2-10,16H2,1H3/t11?,12?,13-,14+/m1/s1. The second-order valence-electron chi connectivity index (χ2n) is 6.37. The Balaban J connectivity index is 1.68. The quantitative estimate of drug-likeness (QED) is 0.822. The normalized spacial score (nSPS) is 38.2. The number of rotatable bonds is 3. The van der Waals surface area contributed by atoms with E-state index in [4.69, 9.17) is 10.5 Å². The van der Waals surface area contributed by atoms with Gasteiger partial charge in [-0.25, -0.2) is 0 Å². The molecule has 3 aliphatic heterocycles. The van der Waals surface area contributed by atoms with Crippen molar-refractivity contribution in [2.45, 2.75) is 63.3 Å². The SMILES string of the molecule is CCN1CCC2CCC(C1)N2C(=O)[C@@H]1CC[C@H](CN)O1. The summed E-state index contributed by atoms with van der Waals surface area (Å²) < 4.78 is 5.81. The summed E-state index contributed by atoms with van der Waals surface area (Å²) in [5, 5.41) is 0. The molecule has 0 spiro atoms. The van der Waals surface area contributed by atoms with Crippen LogP contribution in [0.3, 0.4) is 0 Å². The van der Waals surface area contributed by atoms with Crippen LogP contribution in [0, 0.1) is 0 Å². The molecule has 2 bridgehead atoms. The number of nitrogens with zero attached hydrogens (tertiary/aromatic N) is 2. The molecule has 0 aromatic heterocycles. The zero-order valence-electron chi connectivity index (χ0n) is 12.5. The largest absolute Gasteiger partial charge is 0.364 e. The fourth-order valence-electron chi connectivity index (χ4n) is 4.02. The van der Waals surface area contributed by atoms with Gasteiger partial charge in [0.05, 0.1) is 6.10 Å². The number of amides is 1. The summed E-state index contributed by atoms with van der Waals surface area (Å²) in [5.41, 5.74) is 5.65. The molecule has 0 radical (unpaired) electrons. The van der Waals surface area contributed by atoms with Crippen molar-refractivity contribution in [2.75, 3.05) is 26.2 Å². The van der Waals surface area contributed by atoms with Crippen LogP contribution < -0.4 is 5.73 Å². The van der Waals surface area contributed by atoms with Gasteiger partial charge in [-0.15, -0.1) is 0 Å². The van der Waals surface area contributed by atoms with Crippen LogP contribution in [-0.4, -0.2) is 66.2 Å². The summed E-state index contributed by atoms with van der Waals surface area (Å²) in [6, 6.07) is 0.833. The van der Waals surface area contributed by atoms with E-state index in [2.05, 4.69) is 16.7 Å². The lowest BCUT2D eigenvalue weighted by Crippen LogP contribution is -2.47. The third kappa shape index (κ3) is 2.59. The number of likely N-dealkylation sites (N-methyl/N-ethyl adjacent to an activating group) is 1. The first kappa shape index (κ1) is 14.3. The second-order valence-corrected chi connectivity index (χ2v) is 6.37. The molecule has 0 aromatic carbocycles. The van der Waals surface area contributed by atoms with Gasteiger partial charge in [0.2, 0.25) is 0 Å². The smallest absolute Gasteiger partial charge is 0.252 e. The minimum atomic E-state index is -0.236. The summed E-state index contributed by atoms with van der Waals surface area (Å²) in [6.07, 6.45) is 5.05. The first-order valence-electron chi connectivity index (χ1n) is 8.13. The van der Waals surface area contributed by atoms with E-state index in [1.807, 2.05) is 0 Å². The van der Waals surface area contributed by atoms with E-state index in [9.17, 15) is 4.79 Å². The Morgan fingerprint density at radius 3 is 2.70 bits per heavy atom. The summed E-state index contributed by atoms with van der Waals surface area (Å²) >= 11 is 0. The highest BCUT2D eigenvalue weighted by atomic mass is 16.5. The molecule has 20 heavy (non-hydrogen) atoms. The molecule has 3 saturated heterocycles. The van der Waals surface area contributed by atoms with Crippen LogP contribution >= 0.6 is 0 Å². The third-order valence-corrected chi connectivity index (χ3v) is 5.21. The van der Waals surface area contributed by atoms with Crippen LogP contribution in [-0.2, 0) is 9.53 Å². The Morgan fingerprint density at radius 2 is 2.00 bits per heavy atom. The van der Waals surface area contributed by atoms with Crippen molar-refractivity contribution in [3.8, 4) is 0 Å². The monoisotopic (exact) mass is 281 g/mol. The highest BCUT2D eigenvalue weighted by molar-refractivity contribution is 5.82. The molecule has 5 heteroatoms. The van der Waals surface area contributed by atoms with Gasteiger partial charge < -0.3 is 20.3 Å². The van der Waals surface area contributed by atoms with E-state index in [0.717, 1.165) is 45.3 Å². The molecular weight excluding hydrogens is 254 g/mol. The summed E-state index contributed by atoms with van der Waals surface area (Å²) in [6.45, 7) is 5.97. The number of carbonyl (C=O) groups excluding carboxylic acids is 1. The van der Waals surface area contributed by atoms with Crippen molar-refractivity contribution in [3.63, 3.8) is 0 Å². The van der Waals surface area contributed by atoms with Gasteiger partial charge in [0.1, 0.15) is 6.10 Å². The van der Waals surface area contributed by atoms with Gasteiger partial charge in [0.15, 0.2) is 0 Å². The van der Waals surface area contributed by atoms with Gasteiger partial charge in [-0.3, -0.25) is 4.79 Å². The van der Waals surface area contributed by atoms with E-state index in [-0.39, 0.29) is 18.1 Å². The topological polar surface area (TPSA) is 58.8 Å². The summed E-state index contributed by atoms with van der Waals surface area (Å²) in [4.78, 5) is 17.5. The van der Waals surface area contributed by atoms with Gasteiger partial charge in [-0.2, -0.15) is 0 Å². The molecule has 0 saturated carbocycles. The van der Waals surface area contributed by atoms with Gasteiger partial charge in [0, 0.05) is 31.7 Å². The average Bonchev–Trinajstić information content (AvgIpc) is 3.02. The minimum Gasteiger partial charge on any atom is -0.364 e. The van der Waals surface area contributed by atoms with E-state index in [1.54, 1.807) is 0 Å².